The number of likely N-dealkylation sites (N-methyl/N-ethyl adjacent to an activating group) is 1. The van der Waals surface area contributed by atoms with Crippen LogP contribution in [0.2, 0.25) is 0 Å². The summed E-state index contributed by atoms with van der Waals surface area (Å²) >= 11 is 0. The summed E-state index contributed by atoms with van der Waals surface area (Å²) in [7, 11) is 1.84. The van der Waals surface area contributed by atoms with Crippen LogP contribution in [0.1, 0.15) is 29.7 Å². The number of carbonyl (C=O) groups is 3. The van der Waals surface area contributed by atoms with Gasteiger partial charge in [-0.1, -0.05) is 0 Å². The maximum atomic E-state index is 11.9. The van der Waals surface area contributed by atoms with Gasteiger partial charge in [0.25, 0.3) is 0 Å². The van der Waals surface area contributed by atoms with Gasteiger partial charge in [-0.25, -0.2) is 4.79 Å². The van der Waals surface area contributed by atoms with Crippen molar-refractivity contribution >= 4 is 17.8 Å². The number of hydrogen-bond acceptors (Lipinski definition) is 5. The Bertz CT molecular complexity index is 613. The van der Waals surface area contributed by atoms with E-state index in [-0.39, 0.29) is 36.6 Å². The van der Waals surface area contributed by atoms with Crippen molar-refractivity contribution < 1.29 is 23.9 Å². The van der Waals surface area contributed by atoms with Crippen LogP contribution in [0.4, 0.5) is 0 Å². The van der Waals surface area contributed by atoms with Crippen molar-refractivity contribution in [3.63, 3.8) is 0 Å². The molecule has 132 valence electrons. The zero-order chi connectivity index (χ0) is 17.7. The minimum atomic E-state index is -1.14. The molecule has 0 spiro atoms. The lowest BCUT2D eigenvalue weighted by molar-refractivity contribution is -0.127. The average Bonchev–Trinajstić information content (AvgIpc) is 3.11. The Hall–Kier alpha value is -2.35. The van der Waals surface area contributed by atoms with Crippen LogP contribution in [-0.4, -0.2) is 65.9 Å². The molecule has 2 N–H and O–H groups in total. The van der Waals surface area contributed by atoms with Gasteiger partial charge in [0.05, 0.1) is 13.1 Å². The number of amides is 2. The predicted octanol–water partition coefficient (Wildman–Crippen LogP) is 0.394. The van der Waals surface area contributed by atoms with Gasteiger partial charge >= 0.3 is 5.97 Å². The minimum absolute atomic E-state index is 0.144. The van der Waals surface area contributed by atoms with Crippen molar-refractivity contribution in [1.82, 2.24) is 15.1 Å². The molecule has 1 unspecified atom stereocenters. The Morgan fingerprint density at radius 2 is 2.21 bits per heavy atom. The molecule has 8 heteroatoms. The first-order valence-electron chi connectivity index (χ1n) is 7.94. The molecule has 8 nitrogen and oxygen atoms in total. The van der Waals surface area contributed by atoms with E-state index in [0.29, 0.717) is 18.7 Å². The van der Waals surface area contributed by atoms with E-state index in [1.54, 1.807) is 0 Å². The molecule has 2 amide bonds. The number of furan rings is 1. The van der Waals surface area contributed by atoms with Crippen LogP contribution in [0.3, 0.4) is 0 Å². The van der Waals surface area contributed by atoms with Crippen molar-refractivity contribution in [2.75, 3.05) is 33.2 Å². The fourth-order valence-corrected chi connectivity index (χ4v) is 2.86. The summed E-state index contributed by atoms with van der Waals surface area (Å²) in [5.41, 5.74) is 0. The number of carboxylic acids is 1. The largest absolute Gasteiger partial charge is 0.475 e. The molecule has 0 bridgehead atoms. The first-order chi connectivity index (χ1) is 11.4. The SMILES string of the molecule is CCN1CC(CN(C)CC(=O)NCc2ccc(C(=O)O)o2)CC1=O. The van der Waals surface area contributed by atoms with Gasteiger partial charge in [0.15, 0.2) is 0 Å². The molecule has 1 aromatic heterocycles. The van der Waals surface area contributed by atoms with E-state index < -0.39 is 5.97 Å². The van der Waals surface area contributed by atoms with E-state index in [2.05, 4.69) is 5.32 Å². The van der Waals surface area contributed by atoms with E-state index in [0.717, 1.165) is 13.1 Å². The van der Waals surface area contributed by atoms with Crippen molar-refractivity contribution in [1.29, 1.82) is 0 Å². The number of carboxylic acid groups (broad SMARTS) is 1. The first-order valence-corrected chi connectivity index (χ1v) is 7.94. The second kappa shape index (κ2) is 7.96. The number of carbonyl (C=O) groups excluding carboxylic acids is 2. The lowest BCUT2D eigenvalue weighted by Gasteiger charge is -2.20. The summed E-state index contributed by atoms with van der Waals surface area (Å²) in [4.78, 5) is 38.1. The van der Waals surface area contributed by atoms with E-state index in [9.17, 15) is 14.4 Å². The van der Waals surface area contributed by atoms with Gasteiger partial charge < -0.3 is 19.7 Å². The summed E-state index contributed by atoms with van der Waals surface area (Å²) in [6, 6.07) is 2.88. The lowest BCUT2D eigenvalue weighted by atomic mass is 10.1. The fraction of sp³-hybridized carbons (Fsp3) is 0.562. The van der Waals surface area contributed by atoms with Gasteiger partial charge in [-0.2, -0.15) is 0 Å². The maximum Gasteiger partial charge on any atom is 0.371 e. The molecule has 1 atom stereocenters. The smallest absolute Gasteiger partial charge is 0.371 e. The fourth-order valence-electron chi connectivity index (χ4n) is 2.86. The zero-order valence-electron chi connectivity index (χ0n) is 13.9. The van der Waals surface area contributed by atoms with Crippen molar-refractivity contribution in [2.24, 2.45) is 5.92 Å². The van der Waals surface area contributed by atoms with Gasteiger partial charge in [0.2, 0.25) is 17.6 Å². The van der Waals surface area contributed by atoms with E-state index in [1.165, 1.54) is 12.1 Å². The standard InChI is InChI=1S/C16H23N3O5/c1-3-19-9-11(6-15(19)21)8-18(2)10-14(20)17-7-12-4-5-13(24-12)16(22)23/h4-5,11H,3,6-10H2,1-2H3,(H,17,20)(H,22,23). The number of nitrogens with zero attached hydrogens (tertiary/aromatic N) is 2. The molecule has 0 radical (unpaired) electrons. The third-order valence-corrected chi connectivity index (χ3v) is 3.99. The number of hydrogen-bond donors (Lipinski definition) is 2. The summed E-state index contributed by atoms with van der Waals surface area (Å²) in [6.45, 7) is 4.46. The van der Waals surface area contributed by atoms with Crippen LogP contribution >= 0.6 is 0 Å². The van der Waals surface area contributed by atoms with Crippen molar-refractivity contribution in [3.8, 4) is 0 Å². The van der Waals surface area contributed by atoms with E-state index >= 15 is 0 Å². The monoisotopic (exact) mass is 337 g/mol. The third kappa shape index (κ3) is 4.82. The van der Waals surface area contributed by atoms with Gasteiger partial charge in [-0.3, -0.25) is 14.5 Å². The predicted molar refractivity (Wildman–Crippen MR) is 85.4 cm³/mol. The topological polar surface area (TPSA) is 103 Å². The van der Waals surface area contributed by atoms with Crippen LogP contribution in [-0.2, 0) is 16.1 Å². The molecule has 1 fully saturated rings. The molecule has 1 aliphatic rings. The highest BCUT2D eigenvalue weighted by atomic mass is 16.4. The average molecular weight is 337 g/mol. The van der Waals surface area contributed by atoms with Gasteiger partial charge in [0.1, 0.15) is 5.76 Å². The number of aromatic carboxylic acids is 1. The molecule has 1 aromatic rings. The first kappa shape index (κ1) is 18.0. The molecule has 0 aromatic carbocycles. The quantitative estimate of drug-likeness (QED) is 0.711. The summed E-state index contributed by atoms with van der Waals surface area (Å²) in [5.74, 6) is -0.654. The Morgan fingerprint density at radius 1 is 1.46 bits per heavy atom. The summed E-state index contributed by atoms with van der Waals surface area (Å²) in [6.07, 6.45) is 0.532. The lowest BCUT2D eigenvalue weighted by Crippen LogP contribution is -2.37. The normalized spacial score (nSPS) is 17.5. The van der Waals surface area contributed by atoms with Crippen LogP contribution in [0.5, 0.6) is 0 Å². The van der Waals surface area contributed by atoms with Crippen LogP contribution in [0.15, 0.2) is 16.5 Å². The van der Waals surface area contributed by atoms with Gasteiger partial charge in [-0.15, -0.1) is 0 Å². The molecule has 0 aliphatic carbocycles. The second-order valence-electron chi connectivity index (χ2n) is 6.05. The summed E-state index contributed by atoms with van der Waals surface area (Å²) in [5, 5.41) is 11.5. The molecular formula is C16H23N3O5. The molecule has 1 saturated heterocycles. The third-order valence-electron chi connectivity index (χ3n) is 3.99. The van der Waals surface area contributed by atoms with Crippen LogP contribution in [0.25, 0.3) is 0 Å². The molecular weight excluding hydrogens is 314 g/mol. The van der Waals surface area contributed by atoms with Gasteiger partial charge in [0, 0.05) is 26.1 Å². The molecule has 1 aliphatic heterocycles. The van der Waals surface area contributed by atoms with Crippen LogP contribution < -0.4 is 5.32 Å². The Morgan fingerprint density at radius 3 is 2.79 bits per heavy atom. The highest BCUT2D eigenvalue weighted by Gasteiger charge is 2.29. The highest BCUT2D eigenvalue weighted by Crippen LogP contribution is 2.18. The maximum absolute atomic E-state index is 11.9. The van der Waals surface area contributed by atoms with Crippen molar-refractivity contribution in [3.05, 3.63) is 23.7 Å². The number of likely N-dealkylation sites (tertiary alicyclic amines) is 1. The van der Waals surface area contributed by atoms with Crippen molar-refractivity contribution in [2.45, 2.75) is 19.9 Å². The number of rotatable bonds is 8. The molecule has 2 heterocycles. The van der Waals surface area contributed by atoms with Crippen LogP contribution in [0, 0.1) is 5.92 Å². The Balaban J connectivity index is 1.71. The molecule has 24 heavy (non-hydrogen) atoms. The van der Waals surface area contributed by atoms with E-state index in [1.807, 2.05) is 23.8 Å². The van der Waals surface area contributed by atoms with E-state index in [4.69, 9.17) is 9.52 Å². The zero-order valence-corrected chi connectivity index (χ0v) is 13.9. The Labute approximate surface area is 140 Å². The Kier molecular flexibility index (Phi) is 5.97. The second-order valence-corrected chi connectivity index (χ2v) is 6.05. The van der Waals surface area contributed by atoms with Gasteiger partial charge in [-0.05, 0) is 32.0 Å². The summed E-state index contributed by atoms with van der Waals surface area (Å²) < 4.78 is 5.07. The molecule has 0 saturated carbocycles. The highest BCUT2D eigenvalue weighted by molar-refractivity contribution is 5.84. The minimum Gasteiger partial charge on any atom is -0.475 e. The molecule has 2 rings (SSSR count). The number of nitrogens with one attached hydrogen (secondary N) is 1.